The monoisotopic (exact) mass is 315 g/mol. The van der Waals surface area contributed by atoms with Crippen molar-refractivity contribution in [1.29, 1.82) is 0 Å². The van der Waals surface area contributed by atoms with Crippen molar-refractivity contribution in [3.05, 3.63) is 28.3 Å². The third-order valence-corrected chi connectivity index (χ3v) is 4.80. The van der Waals surface area contributed by atoms with E-state index in [0.717, 1.165) is 10.4 Å². The van der Waals surface area contributed by atoms with E-state index in [9.17, 15) is 23.3 Å². The van der Waals surface area contributed by atoms with Crippen LogP contribution in [0.5, 0.6) is 0 Å². The second kappa shape index (κ2) is 5.63. The Hall–Kier alpha value is -2.24. The first kappa shape index (κ1) is 15.2. The van der Waals surface area contributed by atoms with E-state index in [1.54, 1.807) is 0 Å². The van der Waals surface area contributed by atoms with Gasteiger partial charge in [0.05, 0.1) is 16.4 Å². The summed E-state index contributed by atoms with van der Waals surface area (Å²) in [5.74, 6) is 4.72. The van der Waals surface area contributed by atoms with Gasteiger partial charge in [-0.1, -0.05) is 0 Å². The Morgan fingerprint density at radius 2 is 2.14 bits per heavy atom. The molecule has 0 saturated carbocycles. The fraction of sp³-hybridized carbons (Fsp3) is 0.300. The van der Waals surface area contributed by atoms with Gasteiger partial charge in [-0.05, 0) is 12.1 Å². The predicted molar refractivity (Wildman–Crippen MR) is 72.7 cm³/mol. The molecule has 0 aliphatic carbocycles. The molecule has 1 heterocycles. The number of sulfonamides is 1. The molecule has 0 unspecified atom stereocenters. The average Bonchev–Trinajstić information content (AvgIpc) is 2.46. The number of nitro groups is 1. The molecule has 1 aliphatic heterocycles. The lowest BCUT2D eigenvalue weighted by molar-refractivity contribution is -0.384. The molecule has 1 saturated heterocycles. The summed E-state index contributed by atoms with van der Waals surface area (Å²) in [6.45, 7) is -0.00558. The number of anilines is 1. The molecule has 1 aliphatic rings. The van der Waals surface area contributed by atoms with Crippen LogP contribution in [0, 0.1) is 10.1 Å². The number of piperazine rings is 1. The van der Waals surface area contributed by atoms with Gasteiger partial charge in [-0.25, -0.2) is 8.42 Å². The van der Waals surface area contributed by atoms with Crippen molar-refractivity contribution in [1.82, 2.24) is 9.62 Å². The zero-order valence-corrected chi connectivity index (χ0v) is 11.6. The molecule has 2 rings (SSSR count). The Bertz CT molecular complexity index is 689. The molecule has 1 fully saturated rings. The lowest BCUT2D eigenvalue weighted by Crippen LogP contribution is -2.49. The van der Waals surface area contributed by atoms with E-state index in [0.29, 0.717) is 0 Å². The Balaban J connectivity index is 2.42. The minimum Gasteiger partial charge on any atom is -0.354 e. The van der Waals surface area contributed by atoms with Gasteiger partial charge in [0, 0.05) is 19.2 Å². The van der Waals surface area contributed by atoms with E-state index in [4.69, 9.17) is 5.84 Å². The van der Waals surface area contributed by atoms with E-state index >= 15 is 0 Å². The summed E-state index contributed by atoms with van der Waals surface area (Å²) in [4.78, 5) is 21.2. The normalized spacial score (nSPS) is 16.3. The molecule has 114 valence electrons. The number of hydrazine groups is 1. The highest BCUT2D eigenvalue weighted by molar-refractivity contribution is 7.89. The van der Waals surface area contributed by atoms with Gasteiger partial charge >= 0.3 is 0 Å². The highest BCUT2D eigenvalue weighted by Crippen LogP contribution is 2.28. The van der Waals surface area contributed by atoms with Crippen molar-refractivity contribution in [2.24, 2.45) is 5.84 Å². The molecular weight excluding hydrogens is 302 g/mol. The fourth-order valence-electron chi connectivity index (χ4n) is 1.91. The maximum absolute atomic E-state index is 12.4. The predicted octanol–water partition coefficient (Wildman–Crippen LogP) is -0.999. The number of hydrogen-bond acceptors (Lipinski definition) is 7. The Kier molecular flexibility index (Phi) is 4.06. The first-order chi connectivity index (χ1) is 9.86. The zero-order chi connectivity index (χ0) is 15.6. The molecule has 0 spiro atoms. The SMILES string of the molecule is NNc1ccc(S(=O)(=O)N2CCNC(=O)C2)cc1[N+](=O)[O-]. The van der Waals surface area contributed by atoms with E-state index in [1.165, 1.54) is 12.1 Å². The number of nitrogen functional groups attached to an aromatic ring is 1. The number of nitro benzene ring substituents is 1. The van der Waals surface area contributed by atoms with E-state index in [1.807, 2.05) is 0 Å². The summed E-state index contributed by atoms with van der Waals surface area (Å²) >= 11 is 0. The summed E-state index contributed by atoms with van der Waals surface area (Å²) in [5, 5.41) is 13.4. The minimum atomic E-state index is -3.98. The molecule has 0 radical (unpaired) electrons. The average molecular weight is 315 g/mol. The first-order valence-electron chi connectivity index (χ1n) is 5.88. The molecular formula is C10H13N5O5S. The van der Waals surface area contributed by atoms with Crippen LogP contribution in [0.4, 0.5) is 11.4 Å². The lowest BCUT2D eigenvalue weighted by Gasteiger charge is -2.25. The number of benzene rings is 1. The summed E-state index contributed by atoms with van der Waals surface area (Å²) in [6, 6.07) is 3.32. The summed E-state index contributed by atoms with van der Waals surface area (Å²) in [5.41, 5.74) is 1.67. The van der Waals surface area contributed by atoms with Crippen LogP contribution in [0.1, 0.15) is 0 Å². The number of rotatable bonds is 4. The number of nitrogens with one attached hydrogen (secondary N) is 2. The highest BCUT2D eigenvalue weighted by atomic mass is 32.2. The summed E-state index contributed by atoms with van der Waals surface area (Å²) in [7, 11) is -3.98. The van der Waals surface area contributed by atoms with E-state index in [-0.39, 0.29) is 30.2 Å². The van der Waals surface area contributed by atoms with Crippen molar-refractivity contribution >= 4 is 27.3 Å². The highest BCUT2D eigenvalue weighted by Gasteiger charge is 2.30. The lowest BCUT2D eigenvalue weighted by atomic mass is 10.3. The maximum atomic E-state index is 12.4. The van der Waals surface area contributed by atoms with E-state index in [2.05, 4.69) is 10.7 Å². The van der Waals surface area contributed by atoms with Crippen LogP contribution in [0.25, 0.3) is 0 Å². The number of amides is 1. The molecule has 21 heavy (non-hydrogen) atoms. The van der Waals surface area contributed by atoms with Crippen molar-refractivity contribution < 1.29 is 18.1 Å². The van der Waals surface area contributed by atoms with Gasteiger partial charge in [0.1, 0.15) is 5.69 Å². The van der Waals surface area contributed by atoms with Crippen LogP contribution < -0.4 is 16.6 Å². The number of carbonyl (C=O) groups is 1. The molecule has 1 amide bonds. The minimum absolute atomic E-state index is 0.00432. The first-order valence-corrected chi connectivity index (χ1v) is 7.32. The topological polar surface area (TPSA) is 148 Å². The fourth-order valence-corrected chi connectivity index (χ4v) is 3.33. The van der Waals surface area contributed by atoms with Crippen molar-refractivity contribution in [3.8, 4) is 0 Å². The van der Waals surface area contributed by atoms with Crippen molar-refractivity contribution in [2.45, 2.75) is 4.90 Å². The second-order valence-corrected chi connectivity index (χ2v) is 6.21. The second-order valence-electron chi connectivity index (χ2n) is 4.27. The smallest absolute Gasteiger partial charge is 0.294 e. The van der Waals surface area contributed by atoms with Crippen LogP contribution in [0.3, 0.4) is 0 Å². The molecule has 1 aromatic rings. The van der Waals surface area contributed by atoms with Crippen LogP contribution in [0.15, 0.2) is 23.1 Å². The Labute approximate surface area is 120 Å². The quantitative estimate of drug-likeness (QED) is 0.366. The van der Waals surface area contributed by atoms with Gasteiger partial charge in [-0.2, -0.15) is 4.31 Å². The van der Waals surface area contributed by atoms with Gasteiger partial charge in [-0.15, -0.1) is 0 Å². The Morgan fingerprint density at radius 3 is 2.71 bits per heavy atom. The molecule has 11 heteroatoms. The molecule has 10 nitrogen and oxygen atoms in total. The maximum Gasteiger partial charge on any atom is 0.294 e. The number of nitrogens with zero attached hydrogens (tertiary/aromatic N) is 2. The third-order valence-electron chi connectivity index (χ3n) is 2.96. The van der Waals surface area contributed by atoms with Crippen LogP contribution in [-0.2, 0) is 14.8 Å². The number of carbonyl (C=O) groups excluding carboxylic acids is 1. The zero-order valence-electron chi connectivity index (χ0n) is 10.8. The number of hydrogen-bond donors (Lipinski definition) is 3. The van der Waals surface area contributed by atoms with Crippen molar-refractivity contribution in [2.75, 3.05) is 25.1 Å². The number of nitrogens with two attached hydrogens (primary N) is 1. The Morgan fingerprint density at radius 1 is 1.43 bits per heavy atom. The van der Waals surface area contributed by atoms with Gasteiger partial charge in [-0.3, -0.25) is 20.8 Å². The van der Waals surface area contributed by atoms with Crippen molar-refractivity contribution in [3.63, 3.8) is 0 Å². The molecule has 1 aromatic carbocycles. The standard InChI is InChI=1S/C10H13N5O5S/c11-13-8-2-1-7(5-9(8)15(17)18)21(19,20)14-4-3-12-10(16)6-14/h1-2,5,13H,3-4,6,11H2,(H,12,16). The van der Waals surface area contributed by atoms with Gasteiger partial charge in [0.15, 0.2) is 0 Å². The summed E-state index contributed by atoms with van der Waals surface area (Å²) < 4.78 is 25.7. The molecule has 0 atom stereocenters. The van der Waals surface area contributed by atoms with Gasteiger partial charge in [0.25, 0.3) is 5.69 Å². The molecule has 0 aromatic heterocycles. The molecule has 4 N–H and O–H groups in total. The van der Waals surface area contributed by atoms with E-state index < -0.39 is 26.5 Å². The van der Waals surface area contributed by atoms with Crippen LogP contribution in [0.2, 0.25) is 0 Å². The summed E-state index contributed by atoms with van der Waals surface area (Å²) in [6.07, 6.45) is 0. The van der Waals surface area contributed by atoms with Gasteiger partial charge in [0.2, 0.25) is 15.9 Å². The largest absolute Gasteiger partial charge is 0.354 e. The van der Waals surface area contributed by atoms with Crippen LogP contribution >= 0.6 is 0 Å². The molecule has 0 bridgehead atoms. The van der Waals surface area contributed by atoms with Crippen LogP contribution in [-0.4, -0.2) is 43.2 Å². The third kappa shape index (κ3) is 2.94. The van der Waals surface area contributed by atoms with Gasteiger partial charge < -0.3 is 10.7 Å².